The number of nitrogen functional groups attached to an aromatic ring is 1. The van der Waals surface area contributed by atoms with Crippen molar-refractivity contribution in [1.82, 2.24) is 9.88 Å². The van der Waals surface area contributed by atoms with Gasteiger partial charge in [-0.1, -0.05) is 39.5 Å². The standard InChI is InChI=1S/C15H25N3OS/c1-11(2)8-18(9-12(3)4)14(19)10-20-15-13(16)6-5-7-17-15/h5-7,11-12H,8-10,16H2,1-4H3. The number of carbonyl (C=O) groups excluding carboxylic acids is 1. The van der Waals surface area contributed by atoms with Crippen LogP contribution in [-0.2, 0) is 4.79 Å². The summed E-state index contributed by atoms with van der Waals surface area (Å²) in [6.07, 6.45) is 1.70. The summed E-state index contributed by atoms with van der Waals surface area (Å²) in [5, 5.41) is 0.731. The third-order valence-corrected chi connectivity index (χ3v) is 3.66. The van der Waals surface area contributed by atoms with Gasteiger partial charge in [0.1, 0.15) is 5.03 Å². The Labute approximate surface area is 126 Å². The number of hydrogen-bond acceptors (Lipinski definition) is 4. The Morgan fingerprint density at radius 1 is 1.30 bits per heavy atom. The molecule has 1 aromatic heterocycles. The molecule has 0 unspecified atom stereocenters. The average Bonchev–Trinajstić information content (AvgIpc) is 2.35. The molecule has 1 amide bonds. The van der Waals surface area contributed by atoms with Crippen LogP contribution in [0.15, 0.2) is 23.4 Å². The average molecular weight is 295 g/mol. The summed E-state index contributed by atoms with van der Waals surface area (Å²) in [6, 6.07) is 3.60. The largest absolute Gasteiger partial charge is 0.397 e. The Hall–Kier alpha value is -1.23. The van der Waals surface area contributed by atoms with Crippen molar-refractivity contribution < 1.29 is 4.79 Å². The Balaban J connectivity index is 2.59. The fourth-order valence-electron chi connectivity index (χ4n) is 1.90. The zero-order chi connectivity index (χ0) is 15.1. The first-order chi connectivity index (χ1) is 9.40. The van der Waals surface area contributed by atoms with Gasteiger partial charge in [0.15, 0.2) is 0 Å². The second-order valence-corrected chi connectivity index (χ2v) is 6.74. The molecule has 0 aliphatic rings. The van der Waals surface area contributed by atoms with E-state index in [0.29, 0.717) is 23.3 Å². The topological polar surface area (TPSA) is 59.2 Å². The Bertz CT molecular complexity index is 425. The van der Waals surface area contributed by atoms with Gasteiger partial charge >= 0.3 is 0 Å². The number of nitrogens with two attached hydrogens (primary N) is 1. The Morgan fingerprint density at radius 3 is 2.40 bits per heavy atom. The van der Waals surface area contributed by atoms with Crippen LogP contribution in [0.25, 0.3) is 0 Å². The van der Waals surface area contributed by atoms with Crippen molar-refractivity contribution in [2.75, 3.05) is 24.6 Å². The lowest BCUT2D eigenvalue weighted by Crippen LogP contribution is -2.38. The predicted octanol–water partition coefficient (Wildman–Crippen LogP) is 2.90. The lowest BCUT2D eigenvalue weighted by atomic mass is 10.1. The number of rotatable bonds is 7. The highest BCUT2D eigenvalue weighted by Gasteiger charge is 2.17. The number of amides is 1. The van der Waals surface area contributed by atoms with Gasteiger partial charge in [-0.2, -0.15) is 0 Å². The number of thioether (sulfide) groups is 1. The highest BCUT2D eigenvalue weighted by molar-refractivity contribution is 8.00. The van der Waals surface area contributed by atoms with E-state index in [2.05, 4.69) is 32.7 Å². The molecule has 0 fully saturated rings. The van der Waals surface area contributed by atoms with Crippen molar-refractivity contribution >= 4 is 23.4 Å². The van der Waals surface area contributed by atoms with Gasteiger partial charge in [-0.3, -0.25) is 4.79 Å². The number of pyridine rings is 1. The molecule has 0 saturated carbocycles. The summed E-state index contributed by atoms with van der Waals surface area (Å²) in [5.74, 6) is 1.49. The molecule has 0 aliphatic carbocycles. The normalized spacial score (nSPS) is 11.1. The third-order valence-electron chi connectivity index (χ3n) is 2.66. The van der Waals surface area contributed by atoms with Crippen molar-refractivity contribution in [3.63, 3.8) is 0 Å². The zero-order valence-corrected chi connectivity index (χ0v) is 13.6. The fraction of sp³-hybridized carbons (Fsp3) is 0.600. The van der Waals surface area contributed by atoms with E-state index in [1.165, 1.54) is 11.8 Å². The van der Waals surface area contributed by atoms with Gasteiger partial charge in [0, 0.05) is 19.3 Å². The first-order valence-electron chi connectivity index (χ1n) is 7.01. The highest BCUT2D eigenvalue weighted by atomic mass is 32.2. The van der Waals surface area contributed by atoms with E-state index in [0.717, 1.165) is 18.1 Å². The molecule has 0 spiro atoms. The van der Waals surface area contributed by atoms with Crippen LogP contribution in [0.2, 0.25) is 0 Å². The van der Waals surface area contributed by atoms with Gasteiger partial charge in [0.25, 0.3) is 0 Å². The van der Waals surface area contributed by atoms with Crippen molar-refractivity contribution in [3.05, 3.63) is 18.3 Å². The molecule has 0 aromatic carbocycles. The summed E-state index contributed by atoms with van der Waals surface area (Å²) in [5.41, 5.74) is 6.47. The number of hydrogen-bond donors (Lipinski definition) is 1. The fourth-order valence-corrected chi connectivity index (χ4v) is 2.72. The molecule has 112 valence electrons. The molecule has 1 aromatic rings. The molecule has 4 nitrogen and oxygen atoms in total. The monoisotopic (exact) mass is 295 g/mol. The molecular weight excluding hydrogens is 270 g/mol. The van der Waals surface area contributed by atoms with E-state index in [1.807, 2.05) is 4.90 Å². The summed E-state index contributed by atoms with van der Waals surface area (Å²) < 4.78 is 0. The maximum atomic E-state index is 12.3. The quantitative estimate of drug-likeness (QED) is 0.786. The summed E-state index contributed by atoms with van der Waals surface area (Å²) in [6.45, 7) is 10.1. The molecule has 0 aliphatic heterocycles. The van der Waals surface area contributed by atoms with E-state index in [1.54, 1.807) is 18.3 Å². The lowest BCUT2D eigenvalue weighted by molar-refractivity contribution is -0.129. The molecule has 20 heavy (non-hydrogen) atoms. The first-order valence-corrected chi connectivity index (χ1v) is 7.99. The van der Waals surface area contributed by atoms with Gasteiger partial charge in [0.2, 0.25) is 5.91 Å². The maximum Gasteiger partial charge on any atom is 0.233 e. The number of aromatic nitrogens is 1. The van der Waals surface area contributed by atoms with Gasteiger partial charge in [-0.05, 0) is 24.0 Å². The smallest absolute Gasteiger partial charge is 0.233 e. The van der Waals surface area contributed by atoms with E-state index >= 15 is 0 Å². The van der Waals surface area contributed by atoms with E-state index < -0.39 is 0 Å². The molecule has 2 N–H and O–H groups in total. The molecule has 0 saturated heterocycles. The second-order valence-electron chi connectivity index (χ2n) is 5.77. The molecule has 0 radical (unpaired) electrons. The van der Waals surface area contributed by atoms with Gasteiger partial charge < -0.3 is 10.6 Å². The van der Waals surface area contributed by atoms with Gasteiger partial charge in [-0.25, -0.2) is 4.98 Å². The van der Waals surface area contributed by atoms with Gasteiger partial charge in [-0.15, -0.1) is 0 Å². The van der Waals surface area contributed by atoms with Crippen LogP contribution in [0, 0.1) is 11.8 Å². The second kappa shape index (κ2) is 8.15. The lowest BCUT2D eigenvalue weighted by Gasteiger charge is -2.26. The highest BCUT2D eigenvalue weighted by Crippen LogP contribution is 2.22. The Kier molecular flexibility index (Phi) is 6.85. The number of anilines is 1. The minimum Gasteiger partial charge on any atom is -0.397 e. The van der Waals surface area contributed by atoms with Crippen molar-refractivity contribution in [2.45, 2.75) is 32.7 Å². The van der Waals surface area contributed by atoms with Crippen LogP contribution >= 0.6 is 11.8 Å². The van der Waals surface area contributed by atoms with Crippen LogP contribution in [-0.4, -0.2) is 34.6 Å². The minimum atomic E-state index is 0.155. The van der Waals surface area contributed by atoms with Gasteiger partial charge in [0.05, 0.1) is 11.4 Å². The third kappa shape index (κ3) is 5.82. The van der Waals surface area contributed by atoms with Crippen molar-refractivity contribution in [3.8, 4) is 0 Å². The first kappa shape index (κ1) is 16.8. The zero-order valence-electron chi connectivity index (χ0n) is 12.8. The number of carbonyl (C=O) groups is 1. The summed E-state index contributed by atoms with van der Waals surface area (Å²) in [7, 11) is 0. The van der Waals surface area contributed by atoms with Crippen LogP contribution < -0.4 is 5.73 Å². The minimum absolute atomic E-state index is 0.155. The van der Waals surface area contributed by atoms with Crippen LogP contribution in [0.5, 0.6) is 0 Å². The van der Waals surface area contributed by atoms with Crippen LogP contribution in [0.3, 0.4) is 0 Å². The van der Waals surface area contributed by atoms with Crippen molar-refractivity contribution in [2.24, 2.45) is 11.8 Å². The van der Waals surface area contributed by atoms with Crippen LogP contribution in [0.4, 0.5) is 5.69 Å². The Morgan fingerprint density at radius 2 is 1.90 bits per heavy atom. The molecular formula is C15H25N3OS. The summed E-state index contributed by atoms with van der Waals surface area (Å²) in [4.78, 5) is 18.5. The van der Waals surface area contributed by atoms with E-state index in [-0.39, 0.29) is 5.91 Å². The predicted molar refractivity (Wildman–Crippen MR) is 85.6 cm³/mol. The number of nitrogens with zero attached hydrogens (tertiary/aromatic N) is 2. The molecule has 0 bridgehead atoms. The molecule has 0 atom stereocenters. The van der Waals surface area contributed by atoms with E-state index in [9.17, 15) is 4.79 Å². The summed E-state index contributed by atoms with van der Waals surface area (Å²) >= 11 is 1.41. The molecule has 5 heteroatoms. The molecule has 1 rings (SSSR count). The SMILES string of the molecule is CC(C)CN(CC(C)C)C(=O)CSc1ncccc1N. The van der Waals surface area contributed by atoms with E-state index in [4.69, 9.17) is 5.73 Å². The van der Waals surface area contributed by atoms with Crippen LogP contribution in [0.1, 0.15) is 27.7 Å². The van der Waals surface area contributed by atoms with Crippen molar-refractivity contribution in [1.29, 1.82) is 0 Å². The maximum absolute atomic E-state index is 12.3. The molecule has 1 heterocycles.